The van der Waals surface area contributed by atoms with Gasteiger partial charge in [0, 0.05) is 32.2 Å². The maximum Gasteiger partial charge on any atom is 0.253 e. The van der Waals surface area contributed by atoms with Crippen molar-refractivity contribution in [2.45, 2.75) is 38.8 Å². The summed E-state index contributed by atoms with van der Waals surface area (Å²) in [6.07, 6.45) is 3.34. The number of hydrogen-bond acceptors (Lipinski definition) is 6. The van der Waals surface area contributed by atoms with Crippen molar-refractivity contribution in [2.24, 2.45) is 0 Å². The second-order valence-corrected chi connectivity index (χ2v) is 8.38. The van der Waals surface area contributed by atoms with Crippen LogP contribution in [0.4, 0.5) is 0 Å². The van der Waals surface area contributed by atoms with Gasteiger partial charge in [0.15, 0.2) is 0 Å². The summed E-state index contributed by atoms with van der Waals surface area (Å²) >= 11 is 0. The number of aryl methyl sites for hydroxylation is 1. The van der Waals surface area contributed by atoms with Crippen LogP contribution in [0, 0.1) is 6.92 Å². The van der Waals surface area contributed by atoms with Crippen LogP contribution < -0.4 is 4.74 Å². The highest BCUT2D eigenvalue weighted by Gasteiger charge is 2.21. The summed E-state index contributed by atoms with van der Waals surface area (Å²) in [6.45, 7) is 5.36. The quantitative estimate of drug-likeness (QED) is 0.538. The average Bonchev–Trinajstić information content (AvgIpc) is 3.23. The number of rotatable bonds is 8. The van der Waals surface area contributed by atoms with Crippen molar-refractivity contribution >= 4 is 5.91 Å². The van der Waals surface area contributed by atoms with Crippen LogP contribution in [0.1, 0.15) is 40.2 Å². The Kier molecular flexibility index (Phi) is 7.17. The number of likely N-dealkylation sites (tertiary alicyclic amines) is 1. The van der Waals surface area contributed by atoms with Gasteiger partial charge in [0.05, 0.1) is 6.54 Å². The van der Waals surface area contributed by atoms with Crippen LogP contribution in [0.15, 0.2) is 59.2 Å². The van der Waals surface area contributed by atoms with E-state index in [1.807, 2.05) is 31.2 Å². The molecule has 0 unspecified atom stereocenters. The molecule has 0 radical (unpaired) electrons. The Balaban J connectivity index is 1.22. The van der Waals surface area contributed by atoms with Gasteiger partial charge in [-0.15, -0.1) is 0 Å². The lowest BCUT2D eigenvalue weighted by molar-refractivity contribution is 0.0781. The molecule has 7 nitrogen and oxygen atoms in total. The second kappa shape index (κ2) is 10.4. The highest BCUT2D eigenvalue weighted by Crippen LogP contribution is 2.21. The summed E-state index contributed by atoms with van der Waals surface area (Å²) in [7, 11) is 1.74. The first-order valence-corrected chi connectivity index (χ1v) is 11.1. The van der Waals surface area contributed by atoms with Gasteiger partial charge in [-0.2, -0.15) is 0 Å². The summed E-state index contributed by atoms with van der Waals surface area (Å²) in [5.74, 6) is 0.731. The topological polar surface area (TPSA) is 71.7 Å². The molecule has 0 saturated carbocycles. The first kappa shape index (κ1) is 22.0. The normalized spacial score (nSPS) is 14.9. The molecule has 0 aliphatic carbocycles. The van der Waals surface area contributed by atoms with Gasteiger partial charge >= 0.3 is 0 Å². The standard InChI is InChI=1S/C25H30N4O3/c1-19-24(27-32-26-19)18-28(2)25(30)21-8-10-22(11-9-21)31-23-13-16-29(17-14-23)15-12-20-6-4-3-5-7-20/h3-11,23H,12-18H2,1-2H3. The van der Waals surface area contributed by atoms with Gasteiger partial charge in [-0.05, 0) is 56.0 Å². The predicted molar refractivity (Wildman–Crippen MR) is 122 cm³/mol. The Labute approximate surface area is 188 Å². The van der Waals surface area contributed by atoms with Gasteiger partial charge in [-0.3, -0.25) is 4.79 Å². The zero-order valence-electron chi connectivity index (χ0n) is 18.7. The number of nitrogens with zero attached hydrogens (tertiary/aromatic N) is 4. The SMILES string of the molecule is Cc1nonc1CN(C)C(=O)c1ccc(OC2CCN(CCc3ccccc3)CC2)cc1. The molecule has 4 rings (SSSR count). The molecule has 1 aliphatic heterocycles. The van der Waals surface area contributed by atoms with Gasteiger partial charge in [0.2, 0.25) is 0 Å². The smallest absolute Gasteiger partial charge is 0.253 e. The summed E-state index contributed by atoms with van der Waals surface area (Å²) in [4.78, 5) is 16.8. The van der Waals surface area contributed by atoms with Crippen LogP contribution in [-0.4, -0.2) is 58.8 Å². The number of carbonyl (C=O) groups is 1. The molecule has 7 heteroatoms. The molecule has 2 aromatic carbocycles. The molecule has 0 spiro atoms. The van der Waals surface area contributed by atoms with E-state index in [1.54, 1.807) is 11.9 Å². The fourth-order valence-electron chi connectivity index (χ4n) is 3.96. The largest absolute Gasteiger partial charge is 0.490 e. The van der Waals surface area contributed by atoms with Crippen LogP contribution in [0.2, 0.25) is 0 Å². The first-order chi connectivity index (χ1) is 15.6. The van der Waals surface area contributed by atoms with E-state index in [-0.39, 0.29) is 12.0 Å². The van der Waals surface area contributed by atoms with E-state index in [4.69, 9.17) is 9.37 Å². The Bertz CT molecular complexity index is 996. The van der Waals surface area contributed by atoms with Crippen LogP contribution >= 0.6 is 0 Å². The molecule has 2 heterocycles. The Morgan fingerprint density at radius 3 is 2.47 bits per heavy atom. The third-order valence-corrected chi connectivity index (χ3v) is 5.98. The lowest BCUT2D eigenvalue weighted by Gasteiger charge is -2.32. The molecule has 1 aliphatic rings. The third kappa shape index (κ3) is 5.73. The van der Waals surface area contributed by atoms with Gasteiger partial charge in [0.25, 0.3) is 5.91 Å². The lowest BCUT2D eigenvalue weighted by atomic mass is 10.1. The molecular weight excluding hydrogens is 404 g/mol. The molecule has 0 atom stereocenters. The number of carbonyl (C=O) groups excluding carboxylic acids is 1. The first-order valence-electron chi connectivity index (χ1n) is 11.1. The molecule has 1 amide bonds. The maximum atomic E-state index is 12.7. The van der Waals surface area contributed by atoms with Crippen LogP contribution in [0.5, 0.6) is 5.75 Å². The molecule has 1 aromatic heterocycles. The van der Waals surface area contributed by atoms with Gasteiger partial charge < -0.3 is 14.5 Å². The minimum atomic E-state index is -0.0781. The fourth-order valence-corrected chi connectivity index (χ4v) is 3.96. The van der Waals surface area contributed by atoms with E-state index in [2.05, 4.69) is 45.5 Å². The number of piperidine rings is 1. The highest BCUT2D eigenvalue weighted by molar-refractivity contribution is 5.94. The average molecular weight is 435 g/mol. The van der Waals surface area contributed by atoms with E-state index in [1.165, 1.54) is 5.56 Å². The van der Waals surface area contributed by atoms with Gasteiger partial charge in [-0.25, -0.2) is 4.63 Å². The highest BCUT2D eigenvalue weighted by atomic mass is 16.6. The number of hydrogen-bond donors (Lipinski definition) is 0. The molecular formula is C25H30N4O3. The summed E-state index contributed by atoms with van der Waals surface area (Å²) in [5, 5.41) is 7.59. The zero-order valence-corrected chi connectivity index (χ0v) is 18.7. The van der Waals surface area contributed by atoms with Crippen molar-refractivity contribution in [3.05, 3.63) is 77.1 Å². The Morgan fingerprint density at radius 1 is 1.09 bits per heavy atom. The Hall–Kier alpha value is -3.19. The predicted octanol–water partition coefficient (Wildman–Crippen LogP) is 3.74. The summed E-state index contributed by atoms with van der Waals surface area (Å²) in [6, 6.07) is 18.0. The van der Waals surface area contributed by atoms with Crippen LogP contribution in [-0.2, 0) is 13.0 Å². The van der Waals surface area contributed by atoms with Crippen LogP contribution in [0.25, 0.3) is 0 Å². The van der Waals surface area contributed by atoms with Crippen molar-refractivity contribution in [3.63, 3.8) is 0 Å². The van der Waals surface area contributed by atoms with E-state index < -0.39 is 0 Å². The molecule has 168 valence electrons. The van der Waals surface area contributed by atoms with E-state index in [9.17, 15) is 4.79 Å². The summed E-state index contributed by atoms with van der Waals surface area (Å²) < 4.78 is 10.9. The number of amides is 1. The molecule has 1 saturated heterocycles. The number of ether oxygens (including phenoxy) is 1. The molecule has 1 fully saturated rings. The zero-order chi connectivity index (χ0) is 22.3. The third-order valence-electron chi connectivity index (χ3n) is 5.98. The van der Waals surface area contributed by atoms with Crippen molar-refractivity contribution in [1.82, 2.24) is 20.1 Å². The molecule has 0 N–H and O–H groups in total. The lowest BCUT2D eigenvalue weighted by Crippen LogP contribution is -2.39. The molecule has 32 heavy (non-hydrogen) atoms. The minimum Gasteiger partial charge on any atom is -0.490 e. The van der Waals surface area contributed by atoms with Crippen molar-refractivity contribution in [1.29, 1.82) is 0 Å². The minimum absolute atomic E-state index is 0.0781. The van der Waals surface area contributed by atoms with E-state index in [0.717, 1.165) is 44.6 Å². The van der Waals surface area contributed by atoms with Crippen molar-refractivity contribution in [2.75, 3.05) is 26.7 Å². The fraction of sp³-hybridized carbons (Fsp3) is 0.400. The monoisotopic (exact) mass is 434 g/mol. The van der Waals surface area contributed by atoms with Crippen molar-refractivity contribution < 1.29 is 14.2 Å². The van der Waals surface area contributed by atoms with Crippen LogP contribution in [0.3, 0.4) is 0 Å². The number of aromatic nitrogens is 2. The van der Waals surface area contributed by atoms with E-state index >= 15 is 0 Å². The molecule has 0 bridgehead atoms. The van der Waals surface area contributed by atoms with Gasteiger partial charge in [-0.1, -0.05) is 40.6 Å². The maximum absolute atomic E-state index is 12.7. The van der Waals surface area contributed by atoms with Crippen molar-refractivity contribution in [3.8, 4) is 5.75 Å². The Morgan fingerprint density at radius 2 is 1.81 bits per heavy atom. The number of benzene rings is 2. The van der Waals surface area contributed by atoms with E-state index in [0.29, 0.717) is 23.5 Å². The molecule has 3 aromatic rings. The van der Waals surface area contributed by atoms with Gasteiger partial charge in [0.1, 0.15) is 23.2 Å². The second-order valence-electron chi connectivity index (χ2n) is 8.38. The summed E-state index contributed by atoms with van der Waals surface area (Å²) in [5.41, 5.74) is 3.36.